The molecule has 2 aliphatic heterocycles. The summed E-state index contributed by atoms with van der Waals surface area (Å²) in [4.78, 5) is 10.9. The largest absolute Gasteiger partial charge is 0.462 e. The van der Waals surface area contributed by atoms with Crippen molar-refractivity contribution in [3.63, 3.8) is 0 Å². The molecule has 0 aromatic carbocycles. The van der Waals surface area contributed by atoms with E-state index in [0.29, 0.717) is 18.6 Å². The molecule has 0 aromatic rings. The molecule has 3 aliphatic rings. The molecular weight excluding hydrogens is 156 g/mol. The molecule has 64 valence electrons. The minimum absolute atomic E-state index is 0.197. The molecule has 3 rings (SSSR count). The first-order chi connectivity index (χ1) is 5.84. The predicted molar refractivity (Wildman–Crippen MR) is 40.4 cm³/mol. The minimum atomic E-state index is -0.197. The average Bonchev–Trinajstić information content (AvgIpc) is 2.82. The minimum Gasteiger partial charge on any atom is -0.462 e. The van der Waals surface area contributed by atoms with Crippen LogP contribution in [0.25, 0.3) is 0 Å². The van der Waals surface area contributed by atoms with Gasteiger partial charge in [-0.25, -0.2) is 4.79 Å². The maximum Gasteiger partial charge on any atom is 0.330 e. The molecule has 3 unspecified atom stereocenters. The highest BCUT2D eigenvalue weighted by atomic mass is 16.6. The van der Waals surface area contributed by atoms with Gasteiger partial charge >= 0.3 is 5.97 Å². The van der Waals surface area contributed by atoms with Gasteiger partial charge < -0.3 is 9.47 Å². The topological polar surface area (TPSA) is 38.8 Å². The van der Waals surface area contributed by atoms with Crippen LogP contribution in [-0.2, 0) is 14.3 Å². The Morgan fingerprint density at radius 3 is 3.25 bits per heavy atom. The molecule has 1 aliphatic carbocycles. The lowest BCUT2D eigenvalue weighted by Crippen LogP contribution is -2.27. The fourth-order valence-electron chi connectivity index (χ4n) is 2.16. The van der Waals surface area contributed by atoms with Crippen molar-refractivity contribution >= 4 is 5.97 Å². The molecule has 0 amide bonds. The number of ether oxygens (including phenoxy) is 2. The van der Waals surface area contributed by atoms with Crippen LogP contribution in [0.4, 0.5) is 0 Å². The smallest absolute Gasteiger partial charge is 0.330 e. The highest BCUT2D eigenvalue weighted by Gasteiger charge is 2.49. The van der Waals surface area contributed by atoms with E-state index in [1.165, 1.54) is 5.57 Å². The number of rotatable bonds is 0. The van der Waals surface area contributed by atoms with Gasteiger partial charge in [-0.3, -0.25) is 0 Å². The molecule has 3 heteroatoms. The van der Waals surface area contributed by atoms with E-state index >= 15 is 0 Å². The van der Waals surface area contributed by atoms with Crippen molar-refractivity contribution in [3.05, 3.63) is 11.6 Å². The summed E-state index contributed by atoms with van der Waals surface area (Å²) in [5, 5.41) is 0. The van der Waals surface area contributed by atoms with Crippen LogP contribution >= 0.6 is 0 Å². The third-order valence-electron chi connectivity index (χ3n) is 2.89. The van der Waals surface area contributed by atoms with Gasteiger partial charge in [0.05, 0.1) is 12.7 Å². The highest BCUT2D eigenvalue weighted by Crippen LogP contribution is 2.44. The zero-order valence-corrected chi connectivity index (χ0v) is 6.66. The maximum atomic E-state index is 10.9. The summed E-state index contributed by atoms with van der Waals surface area (Å²) in [5.41, 5.74) is 1.18. The van der Waals surface area contributed by atoms with Gasteiger partial charge in [0, 0.05) is 12.0 Å². The Kier molecular flexibility index (Phi) is 1.17. The second kappa shape index (κ2) is 2.10. The molecule has 0 aromatic heterocycles. The normalized spacial score (nSPS) is 43.8. The Bertz CT molecular complexity index is 269. The number of carbonyl (C=O) groups is 1. The van der Waals surface area contributed by atoms with Crippen LogP contribution in [0.5, 0.6) is 0 Å². The van der Waals surface area contributed by atoms with E-state index in [1.54, 1.807) is 6.08 Å². The number of carbonyl (C=O) groups excluding carboxylic acids is 1. The van der Waals surface area contributed by atoms with Crippen LogP contribution in [-0.4, -0.2) is 24.8 Å². The van der Waals surface area contributed by atoms with Gasteiger partial charge in [0.1, 0.15) is 6.10 Å². The summed E-state index contributed by atoms with van der Waals surface area (Å²) in [6, 6.07) is 0. The Hall–Kier alpha value is -0.830. The zero-order chi connectivity index (χ0) is 8.13. The molecule has 0 radical (unpaired) electrons. The van der Waals surface area contributed by atoms with Crippen LogP contribution < -0.4 is 0 Å². The monoisotopic (exact) mass is 166 g/mol. The first-order valence-electron chi connectivity index (χ1n) is 4.38. The molecule has 0 N–H and O–H groups in total. The summed E-state index contributed by atoms with van der Waals surface area (Å²) in [6.45, 7) is 0.567. The van der Waals surface area contributed by atoms with Crippen LogP contribution in [0.1, 0.15) is 12.8 Å². The van der Waals surface area contributed by atoms with E-state index in [1.807, 2.05) is 0 Å². The molecule has 12 heavy (non-hydrogen) atoms. The number of hydrogen-bond acceptors (Lipinski definition) is 3. The highest BCUT2D eigenvalue weighted by molar-refractivity contribution is 5.84. The summed E-state index contributed by atoms with van der Waals surface area (Å²) < 4.78 is 10.4. The molecule has 2 heterocycles. The van der Waals surface area contributed by atoms with Crippen LogP contribution in [0.3, 0.4) is 0 Å². The molecule has 3 atom stereocenters. The molecule has 0 spiro atoms. The van der Waals surface area contributed by atoms with Gasteiger partial charge in [0.2, 0.25) is 0 Å². The summed E-state index contributed by atoms with van der Waals surface area (Å²) >= 11 is 0. The van der Waals surface area contributed by atoms with Crippen molar-refractivity contribution in [2.75, 3.05) is 6.61 Å². The van der Waals surface area contributed by atoms with Crippen LogP contribution in [0.2, 0.25) is 0 Å². The fourth-order valence-corrected chi connectivity index (χ4v) is 2.16. The first-order valence-corrected chi connectivity index (χ1v) is 4.38. The van der Waals surface area contributed by atoms with Crippen molar-refractivity contribution < 1.29 is 14.3 Å². The SMILES string of the molecule is O=C1C=C2C(CCC3OC23)CO1. The predicted octanol–water partition coefficient (Wildman–Crippen LogP) is 0.647. The molecule has 3 nitrogen and oxygen atoms in total. The Morgan fingerprint density at radius 2 is 2.33 bits per heavy atom. The summed E-state index contributed by atoms with van der Waals surface area (Å²) in [5.74, 6) is 0.254. The zero-order valence-electron chi connectivity index (χ0n) is 6.66. The second-order valence-corrected chi connectivity index (χ2v) is 3.64. The molecular formula is C9H10O3. The molecule has 2 fully saturated rings. The van der Waals surface area contributed by atoms with Gasteiger partial charge in [-0.2, -0.15) is 0 Å². The van der Waals surface area contributed by atoms with Gasteiger partial charge in [-0.05, 0) is 18.4 Å². The van der Waals surface area contributed by atoms with E-state index in [2.05, 4.69) is 0 Å². The van der Waals surface area contributed by atoms with Crippen molar-refractivity contribution in [1.29, 1.82) is 0 Å². The number of fused-ring (bicyclic) bond motifs is 3. The van der Waals surface area contributed by atoms with Gasteiger partial charge in [0.15, 0.2) is 0 Å². The van der Waals surface area contributed by atoms with Crippen molar-refractivity contribution in [3.8, 4) is 0 Å². The molecule has 1 saturated heterocycles. The third kappa shape index (κ3) is 0.829. The van der Waals surface area contributed by atoms with Crippen molar-refractivity contribution in [2.45, 2.75) is 25.0 Å². The second-order valence-electron chi connectivity index (χ2n) is 3.64. The fraction of sp³-hybridized carbons (Fsp3) is 0.667. The molecule has 0 bridgehead atoms. The first kappa shape index (κ1) is 6.66. The number of epoxide rings is 1. The Labute approximate surface area is 70.3 Å². The maximum absolute atomic E-state index is 10.9. The number of esters is 1. The molecule has 1 saturated carbocycles. The van der Waals surface area contributed by atoms with E-state index in [0.717, 1.165) is 12.8 Å². The van der Waals surface area contributed by atoms with Gasteiger partial charge in [0.25, 0.3) is 0 Å². The summed E-state index contributed by atoms with van der Waals surface area (Å²) in [6.07, 6.45) is 4.54. The lowest BCUT2D eigenvalue weighted by atomic mass is 9.83. The Morgan fingerprint density at radius 1 is 1.42 bits per heavy atom. The van der Waals surface area contributed by atoms with Crippen molar-refractivity contribution in [1.82, 2.24) is 0 Å². The van der Waals surface area contributed by atoms with E-state index < -0.39 is 0 Å². The van der Waals surface area contributed by atoms with E-state index in [-0.39, 0.29) is 12.1 Å². The van der Waals surface area contributed by atoms with E-state index in [9.17, 15) is 4.79 Å². The summed E-state index contributed by atoms with van der Waals surface area (Å²) in [7, 11) is 0. The quantitative estimate of drug-likeness (QED) is 0.391. The lowest BCUT2D eigenvalue weighted by molar-refractivity contribution is -0.140. The average molecular weight is 166 g/mol. The van der Waals surface area contributed by atoms with Crippen molar-refractivity contribution in [2.24, 2.45) is 5.92 Å². The Balaban J connectivity index is 1.94. The van der Waals surface area contributed by atoms with Crippen LogP contribution in [0, 0.1) is 5.92 Å². The van der Waals surface area contributed by atoms with Gasteiger partial charge in [-0.1, -0.05) is 0 Å². The standard InChI is InChI=1S/C9H10O3/c10-8-3-6-5(4-11-8)1-2-7-9(6)12-7/h3,5,7,9H,1-2,4H2. The number of cyclic esters (lactones) is 1. The van der Waals surface area contributed by atoms with Crippen LogP contribution in [0.15, 0.2) is 11.6 Å². The lowest BCUT2D eigenvalue weighted by Gasteiger charge is -2.25. The third-order valence-corrected chi connectivity index (χ3v) is 2.89. The number of hydrogen-bond donors (Lipinski definition) is 0. The van der Waals surface area contributed by atoms with E-state index in [4.69, 9.17) is 9.47 Å². The van der Waals surface area contributed by atoms with Gasteiger partial charge in [-0.15, -0.1) is 0 Å².